The van der Waals surface area contributed by atoms with Crippen LogP contribution in [0.1, 0.15) is 91.9 Å². The number of ether oxygens (including phenoxy) is 2. The molecule has 0 aliphatic rings. The van der Waals surface area contributed by atoms with Gasteiger partial charge in [-0.05, 0) is 149 Å². The standard InChI is InChI=1S/2C16H11ClFN3.2C16H12FN3O.C15H20N4O.C9H16N4O/c17-15-12(9-11-5-1-2-6-13(11)18)10-20-16(21-15)14-7-3-4-8-19-14;17-15-13(8-11-4-1-2-6-14(11)18)10-20-16(21-15)12-5-3-7-19-9-12;17-13-6-2-1-5-11(13)9-12-10-19-15(20-16(12)21)14-7-3-4-8-18-14;17-14-6-2-1-4-11(14)8-13-10-19-15(20-16(13)21)12-5-3-7-18-9-12;1-10(2)18-15-13(20-11(3)4)9-17-14(19-15)12-7-5-6-8-16-12;1-6(2)12-9-7(14-3)5-11-8(4-10)13-9/h1-8,10H,9H2;1-7,9-10H,8H2;1-8,10H,9H2,(H,19,20,21);1-7,9-10H,8H2,(H,19,20,21);5-11H,1-4H3,(H,17,18,19);5-6H,4,10H2,1-3H3,(H,11,12,13). The number of aromatic nitrogens is 17. The summed E-state index contributed by atoms with van der Waals surface area (Å²) < 4.78 is 65.4. The first-order valence-corrected chi connectivity index (χ1v) is 37.8. The van der Waals surface area contributed by atoms with E-state index in [1.165, 1.54) is 36.7 Å². The van der Waals surface area contributed by atoms with Crippen LogP contribution < -0.4 is 37.0 Å². The number of rotatable bonds is 21. The molecule has 0 unspecified atom stereocenters. The predicted molar refractivity (Wildman–Crippen MR) is 449 cm³/mol. The molecule has 0 spiro atoms. The SMILES string of the molecule is CC(C)Nc1nc(-c2ccccn2)ncc1OC(C)C.COc1cnc(CN)nc1NC(C)C.Fc1ccccc1Cc1cnc(-c2ccccn2)nc1Cl.Fc1ccccc1Cc1cnc(-c2cccnc2)nc1Cl.O=c1[nH]c(-c2ccccn2)ncc1Cc1ccccc1F.O=c1[nH]c(-c2cccnc2)ncc1Cc1ccccc1F. The summed E-state index contributed by atoms with van der Waals surface area (Å²) >= 11 is 12.4. The van der Waals surface area contributed by atoms with Gasteiger partial charge in [-0.1, -0.05) is 114 Å². The van der Waals surface area contributed by atoms with Gasteiger partial charge in [-0.25, -0.2) is 67.4 Å². The summed E-state index contributed by atoms with van der Waals surface area (Å²) in [4.78, 5) is 92.7. The average Bonchev–Trinajstić information content (AvgIpc) is 0.835. The van der Waals surface area contributed by atoms with Gasteiger partial charge in [0.05, 0.1) is 32.2 Å². The number of nitrogens with zero attached hydrogens (tertiary/aromatic N) is 15. The largest absolute Gasteiger partial charge is 0.491 e. The third-order valence-electron chi connectivity index (χ3n) is 16.5. The number of pyridine rings is 5. The number of hydrogen-bond acceptors (Lipinski definition) is 22. The first-order chi connectivity index (χ1) is 57.2. The monoisotopic (exact) mass is 1630 g/mol. The van der Waals surface area contributed by atoms with Crippen LogP contribution in [0.25, 0.3) is 57.3 Å². The molecule has 24 nitrogen and oxygen atoms in total. The van der Waals surface area contributed by atoms with E-state index in [0.29, 0.717) is 150 Å². The van der Waals surface area contributed by atoms with Gasteiger partial charge < -0.3 is 35.8 Å². The first kappa shape index (κ1) is 86.6. The van der Waals surface area contributed by atoms with Gasteiger partial charge in [-0.15, -0.1) is 0 Å². The van der Waals surface area contributed by atoms with Gasteiger partial charge in [0.25, 0.3) is 11.1 Å². The highest BCUT2D eigenvalue weighted by atomic mass is 35.5. The summed E-state index contributed by atoms with van der Waals surface area (Å²) in [6.07, 6.45) is 22.4. The maximum atomic E-state index is 13.7. The van der Waals surface area contributed by atoms with Gasteiger partial charge in [-0.2, -0.15) is 0 Å². The summed E-state index contributed by atoms with van der Waals surface area (Å²) in [6, 6.07) is 50.3. The van der Waals surface area contributed by atoms with E-state index in [4.69, 9.17) is 38.4 Å². The van der Waals surface area contributed by atoms with Crippen LogP contribution in [0, 0.1) is 23.3 Å². The molecule has 0 saturated carbocycles. The van der Waals surface area contributed by atoms with Crippen molar-refractivity contribution in [3.05, 3.63) is 361 Å². The molecule has 0 saturated heterocycles. The molecule has 0 aliphatic heterocycles. The molecule has 0 fully saturated rings. The van der Waals surface area contributed by atoms with Crippen LogP contribution in [-0.2, 0) is 32.2 Å². The van der Waals surface area contributed by atoms with Crippen LogP contribution in [0.5, 0.6) is 11.5 Å². The molecule has 6 N–H and O–H groups in total. The smallest absolute Gasteiger partial charge is 0.254 e. The molecule has 0 radical (unpaired) electrons. The van der Waals surface area contributed by atoms with Crippen molar-refractivity contribution in [3.63, 3.8) is 0 Å². The molecule has 15 aromatic rings. The lowest BCUT2D eigenvalue weighted by Crippen LogP contribution is -2.15. The van der Waals surface area contributed by atoms with Gasteiger partial charge in [0, 0.05) is 139 Å². The zero-order chi connectivity index (χ0) is 83.7. The van der Waals surface area contributed by atoms with Gasteiger partial charge >= 0.3 is 0 Å². The third kappa shape index (κ3) is 26.1. The fourth-order valence-electron chi connectivity index (χ4n) is 10.8. The number of aromatic amines is 2. The van der Waals surface area contributed by atoms with Crippen molar-refractivity contribution in [2.75, 3.05) is 17.7 Å². The molecule has 11 heterocycles. The Balaban J connectivity index is 0.000000150. The Morgan fingerprint density at radius 3 is 1.19 bits per heavy atom. The van der Waals surface area contributed by atoms with E-state index >= 15 is 0 Å². The minimum absolute atomic E-state index is 0.0759. The molecule has 0 atom stereocenters. The molecule has 0 aliphatic carbocycles. The number of nitrogens with two attached hydrogens (primary N) is 1. The number of benzene rings is 4. The van der Waals surface area contributed by atoms with E-state index in [-0.39, 0.29) is 59.4 Å². The molecule has 0 bridgehead atoms. The maximum Gasteiger partial charge on any atom is 0.254 e. The summed E-state index contributed by atoms with van der Waals surface area (Å²) in [5.74, 6) is 4.52. The normalized spacial score (nSPS) is 10.6. The molecular weight excluding hydrogens is 1550 g/mol. The summed E-state index contributed by atoms with van der Waals surface area (Å²) in [5.41, 5.74) is 12.7. The predicted octanol–water partition coefficient (Wildman–Crippen LogP) is 16.9. The maximum absolute atomic E-state index is 13.7. The Labute approximate surface area is 688 Å². The van der Waals surface area contributed by atoms with Crippen molar-refractivity contribution in [3.8, 4) is 68.8 Å². The van der Waals surface area contributed by atoms with Crippen LogP contribution in [0.2, 0.25) is 10.3 Å². The molecule has 600 valence electrons. The number of nitrogens with one attached hydrogen (secondary N) is 4. The third-order valence-corrected chi connectivity index (χ3v) is 17.1. The lowest BCUT2D eigenvalue weighted by atomic mass is 10.1. The van der Waals surface area contributed by atoms with Crippen molar-refractivity contribution in [1.29, 1.82) is 0 Å². The Morgan fingerprint density at radius 1 is 0.381 bits per heavy atom. The zero-order valence-electron chi connectivity index (χ0n) is 65.2. The van der Waals surface area contributed by atoms with Crippen LogP contribution in [0.15, 0.2) is 266 Å². The molecule has 118 heavy (non-hydrogen) atoms. The van der Waals surface area contributed by atoms with Crippen LogP contribution >= 0.6 is 23.2 Å². The average molecular weight is 1630 g/mol. The van der Waals surface area contributed by atoms with Gasteiger partial charge in [0.2, 0.25) is 0 Å². The quantitative estimate of drug-likeness (QED) is 0.0329. The highest BCUT2D eigenvalue weighted by Crippen LogP contribution is 2.28. The van der Waals surface area contributed by atoms with E-state index in [1.807, 2.05) is 82.3 Å². The second-order valence-corrected chi connectivity index (χ2v) is 27.2. The zero-order valence-corrected chi connectivity index (χ0v) is 66.7. The molecule has 0 amide bonds. The Morgan fingerprint density at radius 2 is 0.771 bits per heavy atom. The fraction of sp³-hybridized carbons (Fsp3) is 0.170. The molecule has 30 heteroatoms. The summed E-state index contributed by atoms with van der Waals surface area (Å²) in [7, 11) is 1.59. The van der Waals surface area contributed by atoms with E-state index in [9.17, 15) is 27.2 Å². The van der Waals surface area contributed by atoms with Crippen molar-refractivity contribution >= 4 is 34.8 Å². The first-order valence-electron chi connectivity index (χ1n) is 37.0. The lowest BCUT2D eigenvalue weighted by Gasteiger charge is -2.16. The Bertz CT molecular complexity index is 5550. The van der Waals surface area contributed by atoms with Crippen LogP contribution in [0.4, 0.5) is 29.2 Å². The number of H-pyrrole nitrogens is 2. The van der Waals surface area contributed by atoms with E-state index in [2.05, 4.69) is 109 Å². The lowest BCUT2D eigenvalue weighted by molar-refractivity contribution is 0.242. The van der Waals surface area contributed by atoms with E-state index in [1.54, 1.807) is 172 Å². The number of anilines is 2. The number of methoxy groups -OCH3 is 1. The number of hydrogen-bond donors (Lipinski definition) is 5. The highest BCUT2D eigenvalue weighted by Gasteiger charge is 2.17. The number of halogens is 6. The van der Waals surface area contributed by atoms with Crippen molar-refractivity contribution in [2.45, 2.75) is 92.0 Å². The van der Waals surface area contributed by atoms with Gasteiger partial charge in [-0.3, -0.25) is 34.5 Å². The van der Waals surface area contributed by atoms with E-state index in [0.717, 1.165) is 16.8 Å². The molecule has 15 rings (SSSR count). The molecule has 11 aromatic heterocycles. The van der Waals surface area contributed by atoms with Crippen molar-refractivity contribution in [2.24, 2.45) is 5.73 Å². The van der Waals surface area contributed by atoms with Crippen molar-refractivity contribution in [1.82, 2.24) is 84.7 Å². The van der Waals surface area contributed by atoms with Crippen LogP contribution in [0.3, 0.4) is 0 Å². The van der Waals surface area contributed by atoms with Gasteiger partial charge in [0.1, 0.15) is 62.3 Å². The second kappa shape index (κ2) is 44.2. The van der Waals surface area contributed by atoms with Crippen LogP contribution in [-0.4, -0.2) is 110 Å². The Hall–Kier alpha value is -13.8. The molecule has 4 aromatic carbocycles. The van der Waals surface area contributed by atoms with E-state index < -0.39 is 0 Å². The summed E-state index contributed by atoms with van der Waals surface area (Å²) in [5, 5.41) is 7.09. The topological polar surface area (TPSA) is 328 Å². The fourth-order valence-corrected chi connectivity index (χ4v) is 11.2. The Kier molecular flexibility index (Phi) is 32.4. The minimum atomic E-state index is -0.328. The second-order valence-electron chi connectivity index (χ2n) is 26.5. The highest BCUT2D eigenvalue weighted by molar-refractivity contribution is 6.30. The minimum Gasteiger partial charge on any atom is -0.491 e. The van der Waals surface area contributed by atoms with Crippen molar-refractivity contribution < 1.29 is 27.0 Å². The summed E-state index contributed by atoms with van der Waals surface area (Å²) in [6.45, 7) is 12.5. The molecular formula is C88H82Cl2F4N20O4. The van der Waals surface area contributed by atoms with Gasteiger partial charge in [0.15, 0.2) is 46.4 Å².